The average molecular weight is 870 g/mol. The van der Waals surface area contributed by atoms with Crippen molar-refractivity contribution in [1.82, 2.24) is 15.0 Å². The van der Waals surface area contributed by atoms with E-state index in [1.54, 1.807) is 0 Å². The predicted octanol–water partition coefficient (Wildman–Crippen LogP) is 16.8. The fourth-order valence-electron chi connectivity index (χ4n) is 11.4. The third-order valence-corrected chi connectivity index (χ3v) is 14.9. The number of hydrogen-bond acceptors (Lipinski definition) is 3. The van der Waals surface area contributed by atoms with Crippen molar-refractivity contribution in [3.8, 4) is 89.8 Å². The van der Waals surface area contributed by atoms with E-state index in [1.807, 2.05) is 18.2 Å². The van der Waals surface area contributed by atoms with Crippen LogP contribution in [0.15, 0.2) is 212 Å². The monoisotopic (exact) mass is 869 g/mol. The molecule has 0 bridgehead atoms. The summed E-state index contributed by atoms with van der Waals surface area (Å²) in [6.07, 6.45) is 0. The molecule has 3 nitrogen and oxygen atoms in total. The lowest BCUT2D eigenvalue weighted by atomic mass is 9.79. The van der Waals surface area contributed by atoms with Crippen LogP contribution in [-0.2, 0) is 10.8 Å². The van der Waals surface area contributed by atoms with Gasteiger partial charge in [-0.25, -0.2) is 15.0 Å². The molecule has 0 spiro atoms. The first-order valence-electron chi connectivity index (χ1n) is 23.7. The molecule has 0 saturated heterocycles. The van der Waals surface area contributed by atoms with Crippen LogP contribution in [0.2, 0.25) is 0 Å². The van der Waals surface area contributed by atoms with Crippen molar-refractivity contribution in [1.29, 1.82) is 0 Å². The number of rotatable bonds is 6. The molecule has 1 aromatic heterocycles. The van der Waals surface area contributed by atoms with Gasteiger partial charge in [0.25, 0.3) is 0 Å². The van der Waals surface area contributed by atoms with Gasteiger partial charge in [0.05, 0.1) is 0 Å². The summed E-state index contributed by atoms with van der Waals surface area (Å²) in [6.45, 7) is 9.49. The molecular weight excluding hydrogens is 823 g/mol. The molecule has 68 heavy (non-hydrogen) atoms. The maximum atomic E-state index is 5.39. The second-order valence-corrected chi connectivity index (χ2v) is 19.5. The van der Waals surface area contributed by atoms with Crippen LogP contribution >= 0.6 is 0 Å². The summed E-state index contributed by atoms with van der Waals surface area (Å²) in [5.74, 6) is 1.89. The van der Waals surface area contributed by atoms with Crippen molar-refractivity contribution in [3.63, 3.8) is 0 Å². The van der Waals surface area contributed by atoms with Crippen molar-refractivity contribution in [2.75, 3.05) is 0 Å². The lowest BCUT2D eigenvalue weighted by Crippen LogP contribution is -2.15. The SMILES string of the molecule is CC1(C)c2ccccc2-c2c1cc(-c1cc(-c3nc(-c4ccccc4)nc(-c4ccc(-c5ccccc5)cc4)n3)cc(-c3cc4c(c5ccccc35)-c3ccccc3C4(C)C)c1)c1ccccc21. The lowest BCUT2D eigenvalue weighted by molar-refractivity contribution is 0.661. The molecule has 11 aromatic rings. The minimum absolute atomic E-state index is 0.189. The molecule has 0 N–H and O–H groups in total. The third-order valence-electron chi connectivity index (χ3n) is 14.9. The largest absolute Gasteiger partial charge is 0.208 e. The summed E-state index contributed by atoms with van der Waals surface area (Å²) in [6, 6.07) is 77.2. The van der Waals surface area contributed by atoms with E-state index >= 15 is 0 Å². The number of benzene rings is 10. The summed E-state index contributed by atoms with van der Waals surface area (Å²) in [5, 5.41) is 4.97. The standard InChI is InChI=1S/C65H47N3/c1-64(2)55-29-17-15-27-51(55)59-49-25-13-11-23-47(49)53(38-57(59)64)44-35-45(54-39-58-60(50-26-14-12-24-48(50)54)52-28-16-18-30-56(52)65(58,3)4)37-46(36-44)63-67-61(42-21-9-6-10-22-42)66-62(68-63)43-33-31-41(32-34-43)40-19-7-5-8-20-40/h5-39H,1-4H3. The Morgan fingerprint density at radius 3 is 1.07 bits per heavy atom. The van der Waals surface area contributed by atoms with Gasteiger partial charge in [-0.2, -0.15) is 0 Å². The molecule has 0 amide bonds. The zero-order chi connectivity index (χ0) is 45.7. The Hall–Kier alpha value is -8.27. The van der Waals surface area contributed by atoms with Crippen LogP contribution in [0.25, 0.3) is 111 Å². The minimum Gasteiger partial charge on any atom is -0.208 e. The van der Waals surface area contributed by atoms with Gasteiger partial charge in [-0.3, -0.25) is 0 Å². The van der Waals surface area contributed by atoms with E-state index < -0.39 is 0 Å². The van der Waals surface area contributed by atoms with Gasteiger partial charge in [0.15, 0.2) is 17.5 Å². The molecule has 2 aliphatic rings. The highest BCUT2D eigenvalue weighted by molar-refractivity contribution is 6.12. The maximum absolute atomic E-state index is 5.39. The van der Waals surface area contributed by atoms with E-state index in [-0.39, 0.29) is 10.8 Å². The highest BCUT2D eigenvalue weighted by Crippen LogP contribution is 2.55. The van der Waals surface area contributed by atoms with E-state index in [1.165, 1.54) is 82.7 Å². The Morgan fingerprint density at radius 2 is 0.588 bits per heavy atom. The van der Waals surface area contributed by atoms with Crippen molar-refractivity contribution < 1.29 is 0 Å². The van der Waals surface area contributed by atoms with Gasteiger partial charge in [-0.15, -0.1) is 0 Å². The molecule has 0 saturated carbocycles. The number of nitrogens with zero attached hydrogens (tertiary/aromatic N) is 3. The lowest BCUT2D eigenvalue weighted by Gasteiger charge is -2.24. The molecule has 10 aromatic carbocycles. The van der Waals surface area contributed by atoms with Crippen LogP contribution in [0.1, 0.15) is 49.9 Å². The Morgan fingerprint density at radius 1 is 0.250 bits per heavy atom. The van der Waals surface area contributed by atoms with Crippen molar-refractivity contribution in [2.24, 2.45) is 0 Å². The molecular formula is C65H47N3. The summed E-state index contributed by atoms with van der Waals surface area (Å²) in [4.78, 5) is 15.9. The number of fused-ring (bicyclic) bond motifs is 10. The molecule has 0 unspecified atom stereocenters. The molecule has 2 aliphatic carbocycles. The second kappa shape index (κ2) is 15.1. The third kappa shape index (κ3) is 6.16. The van der Waals surface area contributed by atoms with Crippen LogP contribution in [0.3, 0.4) is 0 Å². The van der Waals surface area contributed by atoms with Gasteiger partial charge in [0, 0.05) is 27.5 Å². The average Bonchev–Trinajstić information content (AvgIpc) is 3.77. The summed E-state index contributed by atoms with van der Waals surface area (Å²) in [7, 11) is 0. The van der Waals surface area contributed by atoms with Crippen molar-refractivity contribution >= 4 is 21.5 Å². The molecule has 1 heterocycles. The van der Waals surface area contributed by atoms with Crippen LogP contribution in [0, 0.1) is 0 Å². The van der Waals surface area contributed by atoms with Crippen LogP contribution in [0.4, 0.5) is 0 Å². The summed E-state index contributed by atoms with van der Waals surface area (Å²) in [5.41, 5.74) is 20.1. The molecule has 3 heteroatoms. The van der Waals surface area contributed by atoms with Crippen LogP contribution in [0.5, 0.6) is 0 Å². The van der Waals surface area contributed by atoms with Gasteiger partial charge >= 0.3 is 0 Å². The molecule has 0 fully saturated rings. The number of aromatic nitrogens is 3. The van der Waals surface area contributed by atoms with E-state index in [9.17, 15) is 0 Å². The maximum Gasteiger partial charge on any atom is 0.164 e. The van der Waals surface area contributed by atoms with Crippen molar-refractivity contribution in [2.45, 2.75) is 38.5 Å². The zero-order valence-corrected chi connectivity index (χ0v) is 38.5. The molecule has 322 valence electrons. The number of hydrogen-bond donors (Lipinski definition) is 0. The van der Waals surface area contributed by atoms with Crippen LogP contribution < -0.4 is 0 Å². The Balaban J connectivity index is 1.09. The normalized spacial score (nSPS) is 13.8. The second-order valence-electron chi connectivity index (χ2n) is 19.5. The van der Waals surface area contributed by atoms with E-state index in [0.717, 1.165) is 33.4 Å². The van der Waals surface area contributed by atoms with Gasteiger partial charge in [-0.05, 0) is 130 Å². The smallest absolute Gasteiger partial charge is 0.164 e. The Bertz CT molecular complexity index is 3660. The minimum atomic E-state index is -0.189. The Kier molecular flexibility index (Phi) is 8.91. The van der Waals surface area contributed by atoms with Gasteiger partial charge in [0.2, 0.25) is 0 Å². The molecule has 0 aliphatic heterocycles. The molecule has 0 atom stereocenters. The van der Waals surface area contributed by atoms with E-state index in [0.29, 0.717) is 17.5 Å². The highest BCUT2D eigenvalue weighted by atomic mass is 15.0. The fraction of sp³-hybridized carbons (Fsp3) is 0.0923. The van der Waals surface area contributed by atoms with Crippen LogP contribution in [-0.4, -0.2) is 15.0 Å². The quantitative estimate of drug-likeness (QED) is 0.167. The molecule has 13 rings (SSSR count). The van der Waals surface area contributed by atoms with Crippen molar-refractivity contribution in [3.05, 3.63) is 235 Å². The first-order chi connectivity index (χ1) is 33.2. The van der Waals surface area contributed by atoms with E-state index in [4.69, 9.17) is 15.0 Å². The van der Waals surface area contributed by atoms with E-state index in [2.05, 4.69) is 222 Å². The summed E-state index contributed by atoms with van der Waals surface area (Å²) >= 11 is 0. The van der Waals surface area contributed by atoms with Gasteiger partial charge < -0.3 is 0 Å². The zero-order valence-electron chi connectivity index (χ0n) is 38.5. The first kappa shape index (κ1) is 40.0. The topological polar surface area (TPSA) is 38.7 Å². The first-order valence-corrected chi connectivity index (χ1v) is 23.7. The fourth-order valence-corrected chi connectivity index (χ4v) is 11.4. The van der Waals surface area contributed by atoms with Gasteiger partial charge in [-0.1, -0.05) is 210 Å². The predicted molar refractivity (Wildman–Crippen MR) is 283 cm³/mol. The highest BCUT2D eigenvalue weighted by Gasteiger charge is 2.38. The molecule has 0 radical (unpaired) electrons. The Labute approximate surface area is 397 Å². The van der Waals surface area contributed by atoms with Gasteiger partial charge in [0.1, 0.15) is 0 Å². The summed E-state index contributed by atoms with van der Waals surface area (Å²) < 4.78 is 0.